The zero-order valence-electron chi connectivity index (χ0n) is 12.1. The minimum Gasteiger partial charge on any atom is -0.343 e. The molecule has 3 nitrogen and oxygen atoms in total. The molecular weight excluding hydrogens is 236 g/mol. The fourth-order valence-corrected chi connectivity index (χ4v) is 4.23. The number of nitrogens with one attached hydrogen (secondary N) is 1. The van der Waals surface area contributed by atoms with Crippen LogP contribution in [0.2, 0.25) is 0 Å². The van der Waals surface area contributed by atoms with Crippen LogP contribution in [0.4, 0.5) is 0 Å². The molecule has 2 heterocycles. The van der Waals surface area contributed by atoms with Crippen molar-refractivity contribution in [1.29, 1.82) is 0 Å². The van der Waals surface area contributed by atoms with Gasteiger partial charge in [0.2, 0.25) is 5.91 Å². The second-order valence-corrected chi connectivity index (χ2v) is 6.84. The molecule has 19 heavy (non-hydrogen) atoms. The van der Waals surface area contributed by atoms with E-state index in [-0.39, 0.29) is 0 Å². The molecule has 0 aromatic carbocycles. The summed E-state index contributed by atoms with van der Waals surface area (Å²) in [5.74, 6) is 2.78. The van der Waals surface area contributed by atoms with E-state index < -0.39 is 0 Å². The number of hydrogen-bond acceptors (Lipinski definition) is 2. The Morgan fingerprint density at radius 2 is 1.58 bits per heavy atom. The van der Waals surface area contributed by atoms with Gasteiger partial charge >= 0.3 is 0 Å². The Bertz CT molecular complexity index is 298. The van der Waals surface area contributed by atoms with Crippen LogP contribution in [0.1, 0.15) is 51.4 Å². The Hall–Kier alpha value is -0.570. The van der Waals surface area contributed by atoms with Crippen molar-refractivity contribution >= 4 is 5.91 Å². The summed E-state index contributed by atoms with van der Waals surface area (Å²) in [4.78, 5) is 14.6. The predicted molar refractivity (Wildman–Crippen MR) is 76.9 cm³/mol. The first kappa shape index (κ1) is 13.4. The van der Waals surface area contributed by atoms with Gasteiger partial charge in [0.15, 0.2) is 0 Å². The van der Waals surface area contributed by atoms with Crippen LogP contribution in [0, 0.1) is 17.8 Å². The molecule has 0 unspecified atom stereocenters. The molecule has 1 N–H and O–H groups in total. The molecular formula is C16H28N2O. The van der Waals surface area contributed by atoms with Gasteiger partial charge in [-0.2, -0.15) is 0 Å². The van der Waals surface area contributed by atoms with Crippen molar-refractivity contribution in [3.05, 3.63) is 0 Å². The highest BCUT2D eigenvalue weighted by Gasteiger charge is 2.31. The van der Waals surface area contributed by atoms with Crippen LogP contribution < -0.4 is 5.32 Å². The normalized spacial score (nSPS) is 32.9. The number of nitrogens with zero attached hydrogens (tertiary/aromatic N) is 1. The van der Waals surface area contributed by atoms with Crippen LogP contribution in [-0.4, -0.2) is 37.0 Å². The molecule has 0 spiro atoms. The highest BCUT2D eigenvalue weighted by molar-refractivity contribution is 5.76. The fourth-order valence-electron chi connectivity index (χ4n) is 4.23. The van der Waals surface area contributed by atoms with Gasteiger partial charge in [0.1, 0.15) is 0 Å². The lowest BCUT2D eigenvalue weighted by molar-refractivity contribution is -0.132. The molecule has 0 aromatic heterocycles. The first-order valence-electron chi connectivity index (χ1n) is 8.31. The zero-order chi connectivity index (χ0) is 13.1. The third kappa shape index (κ3) is 3.31. The summed E-state index contributed by atoms with van der Waals surface area (Å²) in [5, 5.41) is 3.50. The van der Waals surface area contributed by atoms with Crippen LogP contribution in [0.5, 0.6) is 0 Å². The zero-order valence-corrected chi connectivity index (χ0v) is 12.1. The summed E-state index contributed by atoms with van der Waals surface area (Å²) in [6, 6.07) is 0. The van der Waals surface area contributed by atoms with E-state index in [2.05, 4.69) is 10.2 Å². The number of hydrogen-bond donors (Lipinski definition) is 1. The topological polar surface area (TPSA) is 32.3 Å². The molecule has 2 saturated heterocycles. The second-order valence-electron chi connectivity index (χ2n) is 6.84. The van der Waals surface area contributed by atoms with E-state index >= 15 is 0 Å². The van der Waals surface area contributed by atoms with E-state index in [0.29, 0.717) is 11.8 Å². The van der Waals surface area contributed by atoms with E-state index in [9.17, 15) is 4.79 Å². The highest BCUT2D eigenvalue weighted by Crippen LogP contribution is 2.30. The van der Waals surface area contributed by atoms with Crippen LogP contribution in [0.15, 0.2) is 0 Å². The number of amides is 1. The van der Waals surface area contributed by atoms with Gasteiger partial charge in [-0.15, -0.1) is 0 Å². The molecule has 3 fully saturated rings. The molecule has 3 aliphatic rings. The minimum atomic E-state index is 0.444. The summed E-state index contributed by atoms with van der Waals surface area (Å²) >= 11 is 0. The quantitative estimate of drug-likeness (QED) is 0.830. The SMILES string of the molecule is O=C(CC1CCCCC1)N1CC[C@@H]2CNC[C@@H]2CC1. The smallest absolute Gasteiger partial charge is 0.222 e. The van der Waals surface area contributed by atoms with E-state index in [1.165, 1.54) is 58.0 Å². The summed E-state index contributed by atoms with van der Waals surface area (Å²) in [6.45, 7) is 4.37. The van der Waals surface area contributed by atoms with E-state index in [0.717, 1.165) is 31.3 Å². The van der Waals surface area contributed by atoms with E-state index in [1.807, 2.05) is 0 Å². The fraction of sp³-hybridized carbons (Fsp3) is 0.938. The second kappa shape index (κ2) is 6.25. The minimum absolute atomic E-state index is 0.444. The monoisotopic (exact) mass is 264 g/mol. The largest absolute Gasteiger partial charge is 0.343 e. The first-order valence-corrected chi connectivity index (χ1v) is 8.31. The summed E-state index contributed by atoms with van der Waals surface area (Å²) in [7, 11) is 0. The van der Waals surface area contributed by atoms with Crippen molar-refractivity contribution in [3.63, 3.8) is 0 Å². The Labute approximate surface area is 117 Å². The van der Waals surface area contributed by atoms with Crippen molar-refractivity contribution in [1.82, 2.24) is 10.2 Å². The van der Waals surface area contributed by atoms with Gasteiger partial charge in [0.05, 0.1) is 0 Å². The average molecular weight is 264 g/mol. The van der Waals surface area contributed by atoms with Crippen molar-refractivity contribution in [2.75, 3.05) is 26.2 Å². The molecule has 2 aliphatic heterocycles. The number of fused-ring (bicyclic) bond motifs is 1. The summed E-state index contributed by atoms with van der Waals surface area (Å²) in [6.07, 6.45) is 9.89. The lowest BCUT2D eigenvalue weighted by Crippen LogP contribution is -2.34. The molecule has 0 bridgehead atoms. The number of carbonyl (C=O) groups excluding carboxylic acids is 1. The van der Waals surface area contributed by atoms with Crippen LogP contribution in [0.3, 0.4) is 0 Å². The molecule has 108 valence electrons. The van der Waals surface area contributed by atoms with Crippen LogP contribution in [0.25, 0.3) is 0 Å². The molecule has 2 atom stereocenters. The Morgan fingerprint density at radius 3 is 2.21 bits per heavy atom. The van der Waals surface area contributed by atoms with Crippen LogP contribution >= 0.6 is 0 Å². The molecule has 0 aromatic rings. The molecule has 1 amide bonds. The maximum Gasteiger partial charge on any atom is 0.222 e. The Balaban J connectivity index is 1.49. The standard InChI is InChI=1S/C16H28N2O/c19-16(10-13-4-2-1-3-5-13)18-8-6-14-11-17-12-15(14)7-9-18/h13-15,17H,1-12H2/t14-,15+. The number of carbonyl (C=O) groups is 1. The van der Waals surface area contributed by atoms with Gasteiger partial charge in [0, 0.05) is 19.5 Å². The molecule has 1 saturated carbocycles. The number of likely N-dealkylation sites (tertiary alicyclic amines) is 1. The van der Waals surface area contributed by atoms with E-state index in [4.69, 9.17) is 0 Å². The average Bonchev–Trinajstić information content (AvgIpc) is 2.78. The lowest BCUT2D eigenvalue weighted by Gasteiger charge is -2.26. The summed E-state index contributed by atoms with van der Waals surface area (Å²) in [5.41, 5.74) is 0. The maximum atomic E-state index is 12.4. The lowest BCUT2D eigenvalue weighted by atomic mass is 9.86. The van der Waals surface area contributed by atoms with Crippen LogP contribution in [-0.2, 0) is 4.79 Å². The van der Waals surface area contributed by atoms with Crippen molar-refractivity contribution in [2.45, 2.75) is 51.4 Å². The van der Waals surface area contributed by atoms with Gasteiger partial charge in [-0.3, -0.25) is 4.79 Å². The Morgan fingerprint density at radius 1 is 0.947 bits per heavy atom. The third-order valence-corrected chi connectivity index (χ3v) is 5.56. The first-order chi connectivity index (χ1) is 9.33. The molecule has 3 rings (SSSR count). The molecule has 0 radical (unpaired) electrons. The van der Waals surface area contributed by atoms with Gasteiger partial charge in [-0.1, -0.05) is 19.3 Å². The van der Waals surface area contributed by atoms with E-state index in [1.54, 1.807) is 0 Å². The van der Waals surface area contributed by atoms with Gasteiger partial charge in [0.25, 0.3) is 0 Å². The molecule has 3 heteroatoms. The summed E-state index contributed by atoms with van der Waals surface area (Å²) < 4.78 is 0. The van der Waals surface area contributed by atoms with Crippen molar-refractivity contribution < 1.29 is 4.79 Å². The molecule has 1 aliphatic carbocycles. The van der Waals surface area contributed by atoms with Gasteiger partial charge < -0.3 is 10.2 Å². The predicted octanol–water partition coefficient (Wildman–Crippen LogP) is 2.41. The number of rotatable bonds is 2. The highest BCUT2D eigenvalue weighted by atomic mass is 16.2. The van der Waals surface area contributed by atoms with Gasteiger partial charge in [-0.25, -0.2) is 0 Å². The van der Waals surface area contributed by atoms with Crippen molar-refractivity contribution in [3.8, 4) is 0 Å². The van der Waals surface area contributed by atoms with Gasteiger partial charge in [-0.05, 0) is 56.5 Å². The Kier molecular flexibility index (Phi) is 4.42. The maximum absolute atomic E-state index is 12.4. The third-order valence-electron chi connectivity index (χ3n) is 5.56. The van der Waals surface area contributed by atoms with Crippen molar-refractivity contribution in [2.24, 2.45) is 17.8 Å².